The van der Waals surface area contributed by atoms with Crippen LogP contribution in [0.3, 0.4) is 0 Å². The number of carbonyl (C=O) groups excluding carboxylic acids is 3. The Morgan fingerprint density at radius 1 is 0.282 bits per heavy atom. The molecule has 6 heteroatoms. The largest absolute Gasteiger partial charge is 0.462 e. The number of ether oxygens (including phenoxy) is 3. The van der Waals surface area contributed by atoms with Gasteiger partial charge in [-0.25, -0.2) is 0 Å². The van der Waals surface area contributed by atoms with E-state index in [0.717, 1.165) is 70.6 Å². The molecule has 0 aromatic carbocycles. The minimum absolute atomic E-state index is 0.104. The van der Waals surface area contributed by atoms with E-state index in [4.69, 9.17) is 14.2 Å². The van der Waals surface area contributed by atoms with Crippen molar-refractivity contribution in [3.05, 3.63) is 85.1 Å². The standard InChI is InChI=1S/C65H112O6/c1-4-7-10-13-16-19-22-25-28-30-32-34-37-40-43-46-49-52-55-58-64(67)70-61-62(60-69-63(66)57-54-51-48-45-42-39-36-27-24-21-18-15-12-9-6-3)71-65(68)59-56-53-50-47-44-41-38-35-33-31-29-26-23-20-17-14-11-8-5-2/h16,19,25-29,32,34,36,40,43,49,52,62H,4-15,17-18,20-24,30-31,33,35,37-39,41-42,44-48,50-51,53-61H2,1-3H3/b19-16-,28-25-,29-26-,34-32-,36-27-,43-40-,52-49-/t62-/m0/s1. The van der Waals surface area contributed by atoms with Gasteiger partial charge in [0, 0.05) is 19.3 Å². The summed E-state index contributed by atoms with van der Waals surface area (Å²) in [6, 6.07) is 0. The molecule has 0 heterocycles. The predicted octanol–water partition coefficient (Wildman–Crippen LogP) is 20.3. The number of unbranched alkanes of at least 4 members (excludes halogenated alkanes) is 29. The number of allylic oxidation sites excluding steroid dienone is 14. The van der Waals surface area contributed by atoms with Crippen molar-refractivity contribution in [2.75, 3.05) is 13.2 Å². The zero-order chi connectivity index (χ0) is 51.4. The number of rotatable bonds is 54. The Hall–Kier alpha value is -3.41. The molecule has 0 fully saturated rings. The Morgan fingerprint density at radius 3 is 0.915 bits per heavy atom. The lowest BCUT2D eigenvalue weighted by Gasteiger charge is -2.18. The summed E-state index contributed by atoms with van der Waals surface area (Å²) >= 11 is 0. The summed E-state index contributed by atoms with van der Waals surface area (Å²) in [4.78, 5) is 38.2. The molecule has 0 aromatic heterocycles. The molecule has 408 valence electrons. The highest BCUT2D eigenvalue weighted by Crippen LogP contribution is 2.15. The van der Waals surface area contributed by atoms with E-state index in [9.17, 15) is 14.4 Å². The minimum Gasteiger partial charge on any atom is -0.462 e. The van der Waals surface area contributed by atoms with Gasteiger partial charge >= 0.3 is 17.9 Å². The van der Waals surface area contributed by atoms with Crippen molar-refractivity contribution in [2.24, 2.45) is 0 Å². The smallest absolute Gasteiger partial charge is 0.306 e. The van der Waals surface area contributed by atoms with Crippen LogP contribution in [-0.2, 0) is 28.6 Å². The van der Waals surface area contributed by atoms with Crippen LogP contribution in [0.5, 0.6) is 0 Å². The molecule has 0 N–H and O–H groups in total. The Morgan fingerprint density at radius 2 is 0.535 bits per heavy atom. The first-order valence-corrected chi connectivity index (χ1v) is 30.1. The van der Waals surface area contributed by atoms with Gasteiger partial charge in [0.2, 0.25) is 0 Å². The maximum atomic E-state index is 12.9. The topological polar surface area (TPSA) is 78.9 Å². The van der Waals surface area contributed by atoms with Crippen LogP contribution in [0.15, 0.2) is 85.1 Å². The van der Waals surface area contributed by atoms with Crippen molar-refractivity contribution in [1.29, 1.82) is 0 Å². The van der Waals surface area contributed by atoms with Gasteiger partial charge in [0.25, 0.3) is 0 Å². The van der Waals surface area contributed by atoms with Crippen LogP contribution in [0.4, 0.5) is 0 Å². The lowest BCUT2D eigenvalue weighted by atomic mass is 10.1. The van der Waals surface area contributed by atoms with Gasteiger partial charge in [-0.15, -0.1) is 0 Å². The molecular weight excluding hydrogens is 877 g/mol. The highest BCUT2D eigenvalue weighted by molar-refractivity contribution is 5.71. The van der Waals surface area contributed by atoms with Crippen LogP contribution in [0.25, 0.3) is 0 Å². The van der Waals surface area contributed by atoms with Crippen LogP contribution in [0, 0.1) is 0 Å². The van der Waals surface area contributed by atoms with Gasteiger partial charge in [0.15, 0.2) is 6.10 Å². The second kappa shape index (κ2) is 59.2. The molecule has 0 saturated carbocycles. The van der Waals surface area contributed by atoms with E-state index in [1.807, 2.05) is 6.08 Å². The SMILES string of the molecule is CCCCC/C=C\C/C=C\C/C=C\C/C=C\C/C=C\CCC(=O)OC[C@H](COC(=O)CCCCCCC/C=C\CCCCCCCC)OC(=O)CCCCCCCCCCC/C=C\CCCCCCCC. The maximum absolute atomic E-state index is 12.9. The van der Waals surface area contributed by atoms with E-state index in [0.29, 0.717) is 19.3 Å². The number of hydrogen-bond donors (Lipinski definition) is 0. The second-order valence-corrected chi connectivity index (χ2v) is 19.9. The summed E-state index contributed by atoms with van der Waals surface area (Å²) in [6.07, 6.45) is 77.3. The molecule has 71 heavy (non-hydrogen) atoms. The average molecular weight is 990 g/mol. The Labute approximate surface area is 439 Å². The summed E-state index contributed by atoms with van der Waals surface area (Å²) in [7, 11) is 0. The van der Waals surface area contributed by atoms with E-state index in [1.54, 1.807) is 0 Å². The average Bonchev–Trinajstić information content (AvgIpc) is 3.37. The molecule has 0 radical (unpaired) electrons. The Bertz CT molecular complexity index is 1370. The fourth-order valence-electron chi connectivity index (χ4n) is 8.30. The summed E-state index contributed by atoms with van der Waals surface area (Å²) < 4.78 is 16.8. The second-order valence-electron chi connectivity index (χ2n) is 19.9. The molecular formula is C65H112O6. The molecule has 0 bridgehead atoms. The summed E-state index contributed by atoms with van der Waals surface area (Å²) in [5.41, 5.74) is 0. The van der Waals surface area contributed by atoms with Crippen molar-refractivity contribution in [3.8, 4) is 0 Å². The van der Waals surface area contributed by atoms with Crippen molar-refractivity contribution in [1.82, 2.24) is 0 Å². The quantitative estimate of drug-likeness (QED) is 0.0261. The zero-order valence-corrected chi connectivity index (χ0v) is 46.7. The molecule has 0 aromatic rings. The summed E-state index contributed by atoms with van der Waals surface area (Å²) in [5.74, 6) is -0.992. The maximum Gasteiger partial charge on any atom is 0.306 e. The lowest BCUT2D eigenvalue weighted by molar-refractivity contribution is -0.166. The van der Waals surface area contributed by atoms with Crippen LogP contribution < -0.4 is 0 Å². The van der Waals surface area contributed by atoms with Crippen LogP contribution >= 0.6 is 0 Å². The predicted molar refractivity (Wildman–Crippen MR) is 307 cm³/mol. The molecule has 0 unspecified atom stereocenters. The first kappa shape index (κ1) is 67.6. The normalized spacial score (nSPS) is 12.7. The van der Waals surface area contributed by atoms with E-state index in [2.05, 4.69) is 99.8 Å². The summed E-state index contributed by atoms with van der Waals surface area (Å²) in [5, 5.41) is 0. The van der Waals surface area contributed by atoms with E-state index in [-0.39, 0.29) is 37.5 Å². The van der Waals surface area contributed by atoms with E-state index >= 15 is 0 Å². The fraction of sp³-hybridized carbons (Fsp3) is 0.738. The molecule has 0 spiro atoms. The molecule has 0 saturated heterocycles. The number of carbonyl (C=O) groups is 3. The van der Waals surface area contributed by atoms with Crippen LogP contribution in [-0.4, -0.2) is 37.2 Å². The van der Waals surface area contributed by atoms with Gasteiger partial charge in [-0.05, 0) is 109 Å². The van der Waals surface area contributed by atoms with Crippen molar-refractivity contribution in [3.63, 3.8) is 0 Å². The molecule has 6 nitrogen and oxygen atoms in total. The van der Waals surface area contributed by atoms with Crippen LogP contribution in [0.1, 0.15) is 290 Å². The van der Waals surface area contributed by atoms with Crippen molar-refractivity contribution in [2.45, 2.75) is 297 Å². The van der Waals surface area contributed by atoms with Crippen molar-refractivity contribution >= 4 is 17.9 Å². The third-order valence-electron chi connectivity index (χ3n) is 12.9. The van der Waals surface area contributed by atoms with E-state index in [1.165, 1.54) is 173 Å². The zero-order valence-electron chi connectivity index (χ0n) is 46.7. The van der Waals surface area contributed by atoms with Gasteiger partial charge in [-0.1, -0.05) is 247 Å². The van der Waals surface area contributed by atoms with Crippen LogP contribution in [0.2, 0.25) is 0 Å². The molecule has 0 aliphatic rings. The first-order chi connectivity index (χ1) is 35.0. The molecule has 0 rings (SSSR count). The number of esters is 3. The third-order valence-corrected chi connectivity index (χ3v) is 12.9. The molecule has 0 aliphatic carbocycles. The fourth-order valence-corrected chi connectivity index (χ4v) is 8.30. The van der Waals surface area contributed by atoms with Gasteiger partial charge in [-0.3, -0.25) is 14.4 Å². The molecule has 1 atom stereocenters. The third kappa shape index (κ3) is 57.4. The monoisotopic (exact) mass is 989 g/mol. The van der Waals surface area contributed by atoms with Gasteiger partial charge in [0.05, 0.1) is 0 Å². The van der Waals surface area contributed by atoms with Gasteiger partial charge < -0.3 is 14.2 Å². The number of hydrogen-bond acceptors (Lipinski definition) is 6. The summed E-state index contributed by atoms with van der Waals surface area (Å²) in [6.45, 7) is 6.55. The Balaban J connectivity index is 4.49. The molecule has 0 amide bonds. The first-order valence-electron chi connectivity index (χ1n) is 30.1. The van der Waals surface area contributed by atoms with Gasteiger partial charge in [-0.2, -0.15) is 0 Å². The highest BCUT2D eigenvalue weighted by atomic mass is 16.6. The lowest BCUT2D eigenvalue weighted by Crippen LogP contribution is -2.30. The van der Waals surface area contributed by atoms with E-state index < -0.39 is 6.10 Å². The van der Waals surface area contributed by atoms with Crippen molar-refractivity contribution < 1.29 is 28.6 Å². The van der Waals surface area contributed by atoms with Gasteiger partial charge in [0.1, 0.15) is 13.2 Å². The highest BCUT2D eigenvalue weighted by Gasteiger charge is 2.19. The molecule has 0 aliphatic heterocycles. The Kier molecular flexibility index (Phi) is 56.3. The minimum atomic E-state index is -0.812.